The third kappa shape index (κ3) is 4.17. The van der Waals surface area contributed by atoms with E-state index in [0.29, 0.717) is 29.7 Å². The average Bonchev–Trinajstić information content (AvgIpc) is 3.57. The van der Waals surface area contributed by atoms with Crippen LogP contribution in [0.25, 0.3) is 0 Å². The molecule has 2 heterocycles. The first-order valence-corrected chi connectivity index (χ1v) is 12.3. The summed E-state index contributed by atoms with van der Waals surface area (Å²) in [5.74, 6) is 0.219. The molecule has 0 radical (unpaired) electrons. The first-order valence-electron chi connectivity index (χ1n) is 11.9. The van der Waals surface area contributed by atoms with Crippen molar-refractivity contribution in [3.05, 3.63) is 52.3 Å². The van der Waals surface area contributed by atoms with Crippen molar-refractivity contribution in [2.45, 2.75) is 88.9 Å². The number of nitrogens with zero attached hydrogens (tertiary/aromatic N) is 3. The van der Waals surface area contributed by atoms with Gasteiger partial charge in [0.25, 0.3) is 5.91 Å². The van der Waals surface area contributed by atoms with Gasteiger partial charge in [0.1, 0.15) is 11.2 Å². The molecule has 2 aliphatic carbocycles. The minimum Gasteiger partial charge on any atom is -0.351 e. The Morgan fingerprint density at radius 2 is 1.91 bits per heavy atom. The van der Waals surface area contributed by atoms with Gasteiger partial charge in [-0.15, -0.1) is 0 Å². The van der Waals surface area contributed by atoms with Crippen molar-refractivity contribution in [3.8, 4) is 0 Å². The molecule has 1 unspecified atom stereocenters. The number of carbonyl (C=O) groups excluding carboxylic acids is 2. The molecular weight excluding hydrogens is 424 g/mol. The number of amides is 2. The van der Waals surface area contributed by atoms with E-state index in [1.54, 1.807) is 9.58 Å². The van der Waals surface area contributed by atoms with E-state index in [1.165, 1.54) is 12.8 Å². The molecule has 0 spiro atoms. The standard InChI is InChI=1S/C25H31ClN4O2/c1-25(24(32)27-20-9-4-2-3-5-10-20)16-30-22(14-21(28-30)18-11-12-18)23(31)29(25)15-17-7-6-8-19(26)13-17/h6-8,13-14,18,20H,2-5,9-12,15-16H2,1H3,(H,27,32). The van der Waals surface area contributed by atoms with Crippen LogP contribution >= 0.6 is 11.6 Å². The molecule has 2 amide bonds. The topological polar surface area (TPSA) is 67.2 Å². The zero-order chi connectivity index (χ0) is 22.3. The minimum absolute atomic E-state index is 0.0890. The molecule has 1 aromatic carbocycles. The van der Waals surface area contributed by atoms with E-state index in [-0.39, 0.29) is 17.9 Å². The SMILES string of the molecule is CC1(C(=O)NC2CCCCCC2)Cn2nc(C3CC3)cc2C(=O)N1Cc1cccc(Cl)c1. The summed E-state index contributed by atoms with van der Waals surface area (Å²) in [6.07, 6.45) is 8.98. The molecule has 2 aromatic rings. The Morgan fingerprint density at radius 1 is 1.16 bits per heavy atom. The zero-order valence-electron chi connectivity index (χ0n) is 18.6. The molecule has 1 aromatic heterocycles. The number of benzene rings is 1. The molecule has 1 N–H and O–H groups in total. The van der Waals surface area contributed by atoms with Gasteiger partial charge in [-0.2, -0.15) is 5.10 Å². The van der Waals surface area contributed by atoms with Gasteiger partial charge in [0.05, 0.1) is 12.2 Å². The Labute approximate surface area is 194 Å². The maximum absolute atomic E-state index is 13.7. The summed E-state index contributed by atoms with van der Waals surface area (Å²) in [4.78, 5) is 29.1. The van der Waals surface area contributed by atoms with Gasteiger partial charge in [0, 0.05) is 23.5 Å². The van der Waals surface area contributed by atoms with Crippen LogP contribution in [-0.2, 0) is 17.9 Å². The van der Waals surface area contributed by atoms with Crippen molar-refractivity contribution >= 4 is 23.4 Å². The van der Waals surface area contributed by atoms with Gasteiger partial charge in [0.2, 0.25) is 5.91 Å². The quantitative estimate of drug-likeness (QED) is 0.667. The van der Waals surface area contributed by atoms with Gasteiger partial charge in [-0.05, 0) is 56.4 Å². The second-order valence-corrected chi connectivity index (χ2v) is 10.3. The third-order valence-corrected chi connectivity index (χ3v) is 7.46. The molecule has 2 fully saturated rings. The molecule has 5 rings (SSSR count). The minimum atomic E-state index is -1.02. The lowest BCUT2D eigenvalue weighted by molar-refractivity contribution is -0.134. The Bertz CT molecular complexity index is 1020. The summed E-state index contributed by atoms with van der Waals surface area (Å²) >= 11 is 6.21. The predicted molar refractivity (Wildman–Crippen MR) is 124 cm³/mol. The molecule has 0 saturated heterocycles. The van der Waals surface area contributed by atoms with Crippen molar-refractivity contribution < 1.29 is 9.59 Å². The predicted octanol–water partition coefficient (Wildman–Crippen LogP) is 4.67. The largest absolute Gasteiger partial charge is 0.351 e. The van der Waals surface area contributed by atoms with Crippen LogP contribution in [0.5, 0.6) is 0 Å². The summed E-state index contributed by atoms with van der Waals surface area (Å²) in [5, 5.41) is 8.64. The maximum atomic E-state index is 13.7. The van der Waals surface area contributed by atoms with Gasteiger partial charge in [-0.3, -0.25) is 14.3 Å². The number of hydrogen-bond donors (Lipinski definition) is 1. The number of carbonyl (C=O) groups is 2. The van der Waals surface area contributed by atoms with Crippen LogP contribution in [0.1, 0.15) is 86.0 Å². The number of hydrogen-bond acceptors (Lipinski definition) is 3. The highest BCUT2D eigenvalue weighted by Gasteiger charge is 2.48. The van der Waals surface area contributed by atoms with Crippen molar-refractivity contribution in [3.63, 3.8) is 0 Å². The molecule has 1 aliphatic heterocycles. The lowest BCUT2D eigenvalue weighted by Gasteiger charge is -2.44. The van der Waals surface area contributed by atoms with Crippen molar-refractivity contribution in [1.82, 2.24) is 20.0 Å². The molecule has 7 heteroatoms. The van der Waals surface area contributed by atoms with Crippen LogP contribution in [0.4, 0.5) is 0 Å². The average molecular weight is 455 g/mol. The highest BCUT2D eigenvalue weighted by atomic mass is 35.5. The molecule has 2 saturated carbocycles. The van der Waals surface area contributed by atoms with Gasteiger partial charge in [0.15, 0.2) is 0 Å². The van der Waals surface area contributed by atoms with Crippen molar-refractivity contribution in [2.24, 2.45) is 0 Å². The lowest BCUT2D eigenvalue weighted by atomic mass is 9.93. The Kier molecular flexibility index (Phi) is 5.74. The zero-order valence-corrected chi connectivity index (χ0v) is 19.4. The van der Waals surface area contributed by atoms with E-state index in [1.807, 2.05) is 37.3 Å². The van der Waals surface area contributed by atoms with E-state index in [0.717, 1.165) is 49.8 Å². The third-order valence-electron chi connectivity index (χ3n) is 7.22. The van der Waals surface area contributed by atoms with Gasteiger partial charge >= 0.3 is 0 Å². The van der Waals surface area contributed by atoms with Gasteiger partial charge < -0.3 is 10.2 Å². The summed E-state index contributed by atoms with van der Waals surface area (Å²) in [6, 6.07) is 9.60. The highest BCUT2D eigenvalue weighted by Crippen LogP contribution is 2.41. The maximum Gasteiger partial charge on any atom is 0.273 e. The summed E-state index contributed by atoms with van der Waals surface area (Å²) < 4.78 is 1.76. The Morgan fingerprint density at radius 3 is 2.59 bits per heavy atom. The second kappa shape index (κ2) is 8.54. The molecule has 6 nitrogen and oxygen atoms in total. The van der Waals surface area contributed by atoms with E-state index in [4.69, 9.17) is 16.7 Å². The van der Waals surface area contributed by atoms with E-state index in [9.17, 15) is 9.59 Å². The highest BCUT2D eigenvalue weighted by molar-refractivity contribution is 6.30. The first kappa shape index (κ1) is 21.5. The van der Waals surface area contributed by atoms with Crippen LogP contribution in [-0.4, -0.2) is 38.1 Å². The molecule has 1 atom stereocenters. The number of halogens is 1. The van der Waals surface area contributed by atoms with Gasteiger partial charge in [-0.25, -0.2) is 0 Å². The molecule has 0 bridgehead atoms. The normalized spacial score (nSPS) is 24.2. The van der Waals surface area contributed by atoms with Crippen molar-refractivity contribution in [2.75, 3.05) is 0 Å². The van der Waals surface area contributed by atoms with Crippen LogP contribution in [0.2, 0.25) is 5.02 Å². The van der Waals surface area contributed by atoms with Crippen LogP contribution in [0, 0.1) is 0 Å². The number of rotatable bonds is 5. The van der Waals surface area contributed by atoms with E-state index >= 15 is 0 Å². The fraction of sp³-hybridized carbons (Fsp3) is 0.560. The van der Waals surface area contributed by atoms with Crippen molar-refractivity contribution in [1.29, 1.82) is 0 Å². The molecule has 3 aliphatic rings. The number of aromatic nitrogens is 2. The van der Waals surface area contributed by atoms with E-state index < -0.39 is 5.54 Å². The second-order valence-electron chi connectivity index (χ2n) is 9.84. The van der Waals surface area contributed by atoms with Crippen LogP contribution < -0.4 is 5.32 Å². The fourth-order valence-electron chi connectivity index (χ4n) is 5.07. The first-order chi connectivity index (χ1) is 15.4. The Balaban J connectivity index is 1.47. The lowest BCUT2D eigenvalue weighted by Crippen LogP contribution is -2.64. The summed E-state index contributed by atoms with van der Waals surface area (Å²) in [5.41, 5.74) is 1.44. The molecule has 32 heavy (non-hydrogen) atoms. The van der Waals surface area contributed by atoms with E-state index in [2.05, 4.69) is 5.32 Å². The summed E-state index contributed by atoms with van der Waals surface area (Å²) in [6.45, 7) is 2.57. The van der Waals surface area contributed by atoms with Crippen LogP contribution in [0.15, 0.2) is 30.3 Å². The fourth-order valence-corrected chi connectivity index (χ4v) is 5.28. The van der Waals surface area contributed by atoms with Gasteiger partial charge in [-0.1, -0.05) is 49.4 Å². The van der Waals surface area contributed by atoms with Crippen LogP contribution in [0.3, 0.4) is 0 Å². The monoisotopic (exact) mass is 454 g/mol. The number of fused-ring (bicyclic) bond motifs is 1. The number of nitrogens with one attached hydrogen (secondary N) is 1. The molecular formula is C25H31ClN4O2. The smallest absolute Gasteiger partial charge is 0.273 e. The molecule has 170 valence electrons. The Hall–Kier alpha value is -2.34. The summed E-state index contributed by atoms with van der Waals surface area (Å²) in [7, 11) is 0.